The molecule has 3 aromatic rings. The van der Waals surface area contributed by atoms with Gasteiger partial charge in [-0.05, 0) is 54.2 Å². The Hall–Kier alpha value is -3.79. The fourth-order valence-corrected chi connectivity index (χ4v) is 5.05. The van der Waals surface area contributed by atoms with E-state index in [1.807, 2.05) is 30.3 Å². The van der Waals surface area contributed by atoms with E-state index in [-0.39, 0.29) is 23.1 Å². The van der Waals surface area contributed by atoms with Gasteiger partial charge in [-0.3, -0.25) is 10.1 Å². The monoisotopic (exact) mass is 535 g/mol. The molecule has 0 saturated heterocycles. The number of carbonyl (C=O) groups is 1. The predicted molar refractivity (Wildman–Crippen MR) is 151 cm³/mol. The third kappa shape index (κ3) is 7.85. The lowest BCUT2D eigenvalue weighted by atomic mass is 10.1. The number of amides is 1. The summed E-state index contributed by atoms with van der Waals surface area (Å²) in [5.41, 5.74) is 2.02. The van der Waals surface area contributed by atoms with Crippen molar-refractivity contribution in [3.63, 3.8) is 0 Å². The summed E-state index contributed by atoms with van der Waals surface area (Å²) in [5.74, 6) is 0.0356. The number of benzene rings is 3. The maximum absolute atomic E-state index is 12.9. The first kappa shape index (κ1) is 27.8. The van der Waals surface area contributed by atoms with Crippen LogP contribution in [0.2, 0.25) is 0 Å². The van der Waals surface area contributed by atoms with Gasteiger partial charge in [0.05, 0.1) is 17.1 Å². The summed E-state index contributed by atoms with van der Waals surface area (Å²) < 4.78 is 32.8. The van der Waals surface area contributed by atoms with Gasteiger partial charge in [0, 0.05) is 25.2 Å². The molecule has 0 radical (unpaired) electrons. The summed E-state index contributed by atoms with van der Waals surface area (Å²) in [7, 11) is -3.71. The van der Waals surface area contributed by atoms with Gasteiger partial charge in [-0.25, -0.2) is 8.42 Å². The minimum absolute atomic E-state index is 0.0691. The Bertz CT molecular complexity index is 1330. The average molecular weight is 536 g/mol. The van der Waals surface area contributed by atoms with Gasteiger partial charge in [0.1, 0.15) is 5.75 Å². The molecule has 3 rings (SSSR count). The lowest BCUT2D eigenvalue weighted by Gasteiger charge is -2.19. The molecule has 2 N–H and O–H groups in total. The van der Waals surface area contributed by atoms with Gasteiger partial charge in [-0.1, -0.05) is 54.6 Å². The minimum atomic E-state index is -3.71. The predicted octanol–water partition coefficient (Wildman–Crippen LogP) is 4.80. The van der Waals surface area contributed by atoms with Crippen molar-refractivity contribution >= 4 is 38.9 Å². The Kier molecular flexibility index (Phi) is 10.1. The van der Waals surface area contributed by atoms with Crippen LogP contribution in [-0.4, -0.2) is 43.4 Å². The fourth-order valence-electron chi connectivity index (χ4n) is 3.45. The number of hydrogen-bond donors (Lipinski definition) is 2. The lowest BCUT2D eigenvalue weighted by molar-refractivity contribution is 0.0974. The molecular formula is C28H29N3O4S2. The van der Waals surface area contributed by atoms with Crippen molar-refractivity contribution in [2.75, 3.05) is 25.0 Å². The first-order chi connectivity index (χ1) is 17.8. The molecule has 0 bridgehead atoms. The van der Waals surface area contributed by atoms with E-state index < -0.39 is 15.9 Å². The molecular weight excluding hydrogens is 506 g/mol. The molecule has 192 valence electrons. The number of para-hydroxylation sites is 1. The van der Waals surface area contributed by atoms with Gasteiger partial charge >= 0.3 is 0 Å². The summed E-state index contributed by atoms with van der Waals surface area (Å²) in [4.78, 5) is 13.0. The van der Waals surface area contributed by atoms with E-state index in [0.29, 0.717) is 30.0 Å². The highest BCUT2D eigenvalue weighted by Gasteiger charge is 2.22. The minimum Gasteiger partial charge on any atom is -0.492 e. The molecule has 37 heavy (non-hydrogen) atoms. The van der Waals surface area contributed by atoms with Gasteiger partial charge < -0.3 is 10.1 Å². The average Bonchev–Trinajstić information content (AvgIpc) is 2.89. The maximum Gasteiger partial charge on any atom is 0.261 e. The lowest BCUT2D eigenvalue weighted by Crippen LogP contribution is -2.34. The van der Waals surface area contributed by atoms with Crippen LogP contribution in [0.15, 0.2) is 109 Å². The van der Waals surface area contributed by atoms with E-state index in [2.05, 4.69) is 23.8 Å². The van der Waals surface area contributed by atoms with Crippen LogP contribution in [0.4, 0.5) is 5.69 Å². The molecule has 0 spiro atoms. The number of ether oxygens (including phenoxy) is 1. The van der Waals surface area contributed by atoms with Crippen molar-refractivity contribution < 1.29 is 17.9 Å². The Balaban J connectivity index is 1.60. The van der Waals surface area contributed by atoms with Crippen molar-refractivity contribution in [3.8, 4) is 5.75 Å². The summed E-state index contributed by atoms with van der Waals surface area (Å²) >= 11 is 5.29. The molecule has 0 aliphatic carbocycles. The summed E-state index contributed by atoms with van der Waals surface area (Å²) in [6, 6.07) is 23.0. The van der Waals surface area contributed by atoms with Crippen LogP contribution in [0.5, 0.6) is 5.75 Å². The first-order valence-electron chi connectivity index (χ1n) is 11.5. The Morgan fingerprint density at radius 2 is 1.54 bits per heavy atom. The van der Waals surface area contributed by atoms with Crippen LogP contribution < -0.4 is 15.4 Å². The highest BCUT2D eigenvalue weighted by atomic mass is 32.2. The van der Waals surface area contributed by atoms with E-state index in [0.717, 1.165) is 5.56 Å². The summed E-state index contributed by atoms with van der Waals surface area (Å²) in [6.07, 6.45) is 3.75. The largest absolute Gasteiger partial charge is 0.492 e. The standard InChI is InChI=1S/C28H29N3O4S2/c1-3-19-31(20-4-2)37(33,34)24-16-14-23(15-17-24)29-28(36)30-27(32)25-12-8-9-13-26(25)35-21-18-22-10-6-5-7-11-22/h3-17H,1-2,18-21H2,(H2,29,30,32,36). The van der Waals surface area contributed by atoms with E-state index >= 15 is 0 Å². The van der Waals surface area contributed by atoms with Crippen molar-refractivity contribution in [1.82, 2.24) is 9.62 Å². The molecule has 0 unspecified atom stereocenters. The number of nitrogens with zero attached hydrogens (tertiary/aromatic N) is 1. The van der Waals surface area contributed by atoms with Gasteiger partial charge in [0.2, 0.25) is 10.0 Å². The van der Waals surface area contributed by atoms with E-state index in [9.17, 15) is 13.2 Å². The Morgan fingerprint density at radius 1 is 0.919 bits per heavy atom. The van der Waals surface area contributed by atoms with E-state index in [1.54, 1.807) is 36.4 Å². The van der Waals surface area contributed by atoms with Crippen molar-refractivity contribution in [1.29, 1.82) is 0 Å². The van der Waals surface area contributed by atoms with Crippen LogP contribution in [0.3, 0.4) is 0 Å². The molecule has 0 atom stereocenters. The number of rotatable bonds is 12. The van der Waals surface area contributed by atoms with E-state index in [4.69, 9.17) is 17.0 Å². The van der Waals surface area contributed by atoms with Crippen LogP contribution in [0.1, 0.15) is 15.9 Å². The van der Waals surface area contributed by atoms with Crippen LogP contribution in [0.25, 0.3) is 0 Å². The quantitative estimate of drug-likeness (QED) is 0.256. The summed E-state index contributed by atoms with van der Waals surface area (Å²) in [6.45, 7) is 7.97. The zero-order chi connectivity index (χ0) is 26.7. The zero-order valence-corrected chi connectivity index (χ0v) is 21.9. The van der Waals surface area contributed by atoms with Crippen LogP contribution in [-0.2, 0) is 16.4 Å². The molecule has 1 amide bonds. The molecule has 7 nitrogen and oxygen atoms in total. The number of sulfonamides is 1. The van der Waals surface area contributed by atoms with Crippen molar-refractivity contribution in [2.45, 2.75) is 11.3 Å². The zero-order valence-electron chi connectivity index (χ0n) is 20.3. The molecule has 3 aromatic carbocycles. The number of nitrogens with one attached hydrogen (secondary N) is 2. The highest BCUT2D eigenvalue weighted by Crippen LogP contribution is 2.20. The number of thiocarbonyl (C=S) groups is 1. The Labute approximate surface area is 223 Å². The second-order valence-electron chi connectivity index (χ2n) is 7.91. The molecule has 0 fully saturated rings. The summed E-state index contributed by atoms with van der Waals surface area (Å²) in [5, 5.41) is 5.61. The molecule has 0 aromatic heterocycles. The van der Waals surface area contributed by atoms with E-state index in [1.165, 1.54) is 28.6 Å². The molecule has 0 aliphatic heterocycles. The third-order valence-corrected chi connectivity index (χ3v) is 7.32. The maximum atomic E-state index is 12.9. The molecule has 9 heteroatoms. The SMILES string of the molecule is C=CCN(CC=C)S(=O)(=O)c1ccc(NC(=S)NC(=O)c2ccccc2OCCc2ccccc2)cc1. The molecule has 0 aliphatic rings. The molecule has 0 heterocycles. The number of hydrogen-bond acceptors (Lipinski definition) is 5. The highest BCUT2D eigenvalue weighted by molar-refractivity contribution is 7.89. The topological polar surface area (TPSA) is 87.7 Å². The normalized spacial score (nSPS) is 10.9. The van der Waals surface area contributed by atoms with Crippen molar-refractivity contribution in [3.05, 3.63) is 115 Å². The third-order valence-electron chi connectivity index (χ3n) is 5.27. The van der Waals surface area contributed by atoms with Gasteiger partial charge in [-0.2, -0.15) is 4.31 Å². The molecule has 0 saturated carbocycles. The number of anilines is 1. The van der Waals surface area contributed by atoms with Crippen molar-refractivity contribution in [2.24, 2.45) is 0 Å². The van der Waals surface area contributed by atoms with Gasteiger partial charge in [0.25, 0.3) is 5.91 Å². The number of carbonyl (C=O) groups excluding carboxylic acids is 1. The second-order valence-corrected chi connectivity index (χ2v) is 10.3. The fraction of sp³-hybridized carbons (Fsp3) is 0.143. The van der Waals surface area contributed by atoms with Crippen LogP contribution >= 0.6 is 12.2 Å². The van der Waals surface area contributed by atoms with Gasteiger partial charge in [0.15, 0.2) is 5.11 Å². The van der Waals surface area contributed by atoms with Gasteiger partial charge in [-0.15, -0.1) is 13.2 Å². The Morgan fingerprint density at radius 3 is 2.19 bits per heavy atom. The second kappa shape index (κ2) is 13.5. The first-order valence-corrected chi connectivity index (χ1v) is 13.4. The smallest absolute Gasteiger partial charge is 0.261 e. The van der Waals surface area contributed by atoms with Crippen LogP contribution in [0, 0.1) is 0 Å².